The van der Waals surface area contributed by atoms with E-state index in [0.717, 1.165) is 29.4 Å². The zero-order valence-electron chi connectivity index (χ0n) is 10.9. The second-order valence-corrected chi connectivity index (χ2v) is 5.63. The van der Waals surface area contributed by atoms with Gasteiger partial charge in [0.2, 0.25) is 0 Å². The second kappa shape index (κ2) is 5.71. The Kier molecular flexibility index (Phi) is 3.78. The van der Waals surface area contributed by atoms with E-state index in [1.807, 2.05) is 29.2 Å². The second-order valence-electron chi connectivity index (χ2n) is 4.77. The smallest absolute Gasteiger partial charge is 0.274 e. The lowest BCUT2D eigenvalue weighted by molar-refractivity contribution is 0.0728. The van der Waals surface area contributed by atoms with Gasteiger partial charge < -0.3 is 4.90 Å². The van der Waals surface area contributed by atoms with Crippen molar-refractivity contribution in [2.24, 2.45) is 0 Å². The molecule has 0 aromatic carbocycles. The number of nitrogens with zero attached hydrogens (tertiary/aromatic N) is 3. The van der Waals surface area contributed by atoms with Crippen LogP contribution in [0.25, 0.3) is 0 Å². The van der Waals surface area contributed by atoms with Gasteiger partial charge in [0.25, 0.3) is 5.91 Å². The minimum Gasteiger partial charge on any atom is -0.330 e. The predicted molar refractivity (Wildman–Crippen MR) is 79.2 cm³/mol. The maximum atomic E-state index is 12.7. The van der Waals surface area contributed by atoms with Crippen molar-refractivity contribution >= 4 is 21.8 Å². The molecule has 1 aliphatic heterocycles. The summed E-state index contributed by atoms with van der Waals surface area (Å²) in [5.74, 6) is -0.0169. The van der Waals surface area contributed by atoms with Crippen LogP contribution in [0.4, 0.5) is 0 Å². The standard InChI is InChI=1S/C15H14BrN3O/c16-12-3-1-7-18-14(12)15(20)19-10-2-4-13(19)11-5-8-17-9-6-11/h1,3,5-9,13H,2,4,10H2. The van der Waals surface area contributed by atoms with Crippen molar-refractivity contribution in [3.05, 3.63) is 58.6 Å². The number of halogens is 1. The number of carbonyl (C=O) groups is 1. The lowest BCUT2D eigenvalue weighted by atomic mass is 10.1. The molecule has 0 spiro atoms. The van der Waals surface area contributed by atoms with Crippen LogP contribution in [-0.2, 0) is 0 Å². The van der Waals surface area contributed by atoms with Crippen molar-refractivity contribution in [1.29, 1.82) is 0 Å². The minimum absolute atomic E-state index is 0.0169. The van der Waals surface area contributed by atoms with Gasteiger partial charge in [-0.25, -0.2) is 4.98 Å². The monoisotopic (exact) mass is 331 g/mol. The Hall–Kier alpha value is -1.75. The van der Waals surface area contributed by atoms with E-state index in [-0.39, 0.29) is 11.9 Å². The first kappa shape index (κ1) is 13.2. The molecule has 2 aromatic rings. The van der Waals surface area contributed by atoms with Gasteiger partial charge in [0, 0.05) is 29.6 Å². The highest BCUT2D eigenvalue weighted by molar-refractivity contribution is 9.10. The zero-order valence-corrected chi connectivity index (χ0v) is 12.5. The Bertz CT molecular complexity index is 618. The van der Waals surface area contributed by atoms with Crippen LogP contribution in [0.1, 0.15) is 34.9 Å². The molecule has 1 atom stereocenters. The van der Waals surface area contributed by atoms with Gasteiger partial charge in [-0.05, 0) is 58.6 Å². The summed E-state index contributed by atoms with van der Waals surface area (Å²) in [6.45, 7) is 0.773. The molecule has 3 rings (SSSR count). The Labute approximate surface area is 126 Å². The summed E-state index contributed by atoms with van der Waals surface area (Å²) in [5, 5.41) is 0. The molecule has 102 valence electrons. The maximum absolute atomic E-state index is 12.7. The molecule has 0 radical (unpaired) electrons. The van der Waals surface area contributed by atoms with Gasteiger partial charge >= 0.3 is 0 Å². The highest BCUT2D eigenvalue weighted by Gasteiger charge is 2.31. The normalized spacial score (nSPS) is 18.2. The third-order valence-electron chi connectivity index (χ3n) is 3.57. The zero-order chi connectivity index (χ0) is 13.9. The number of carbonyl (C=O) groups excluding carboxylic acids is 1. The van der Waals surface area contributed by atoms with E-state index < -0.39 is 0 Å². The molecule has 5 heteroatoms. The summed E-state index contributed by atoms with van der Waals surface area (Å²) in [7, 11) is 0. The predicted octanol–water partition coefficient (Wildman–Crippen LogP) is 3.22. The number of amides is 1. The molecule has 20 heavy (non-hydrogen) atoms. The largest absolute Gasteiger partial charge is 0.330 e. The van der Waals surface area contributed by atoms with Crippen LogP contribution in [0.15, 0.2) is 47.3 Å². The van der Waals surface area contributed by atoms with Gasteiger partial charge in [0.05, 0.1) is 6.04 Å². The molecule has 0 N–H and O–H groups in total. The van der Waals surface area contributed by atoms with E-state index in [0.29, 0.717) is 5.69 Å². The molecule has 1 fully saturated rings. The Morgan fingerprint density at radius 3 is 2.80 bits per heavy atom. The van der Waals surface area contributed by atoms with E-state index in [1.54, 1.807) is 18.6 Å². The van der Waals surface area contributed by atoms with E-state index >= 15 is 0 Å². The SMILES string of the molecule is O=C(c1ncccc1Br)N1CCCC1c1ccncc1. The van der Waals surface area contributed by atoms with Crippen molar-refractivity contribution in [3.63, 3.8) is 0 Å². The summed E-state index contributed by atoms with van der Waals surface area (Å²) in [6, 6.07) is 7.73. The first-order valence-corrected chi connectivity index (χ1v) is 7.38. The lowest BCUT2D eigenvalue weighted by Gasteiger charge is -2.25. The van der Waals surface area contributed by atoms with Crippen LogP contribution >= 0.6 is 15.9 Å². The first-order valence-electron chi connectivity index (χ1n) is 6.59. The highest BCUT2D eigenvalue weighted by atomic mass is 79.9. The Morgan fingerprint density at radius 1 is 1.25 bits per heavy atom. The van der Waals surface area contributed by atoms with Gasteiger partial charge in [-0.1, -0.05) is 0 Å². The van der Waals surface area contributed by atoms with Crippen LogP contribution in [0.5, 0.6) is 0 Å². The van der Waals surface area contributed by atoms with Gasteiger partial charge in [-0.3, -0.25) is 9.78 Å². The van der Waals surface area contributed by atoms with Crippen LogP contribution in [0, 0.1) is 0 Å². The number of hydrogen-bond donors (Lipinski definition) is 0. The fourth-order valence-corrected chi connectivity index (χ4v) is 3.05. The van der Waals surface area contributed by atoms with Crippen molar-refractivity contribution in [3.8, 4) is 0 Å². The fraction of sp³-hybridized carbons (Fsp3) is 0.267. The molecule has 3 heterocycles. The van der Waals surface area contributed by atoms with Crippen LogP contribution in [0.2, 0.25) is 0 Å². The van der Waals surface area contributed by atoms with Crippen molar-refractivity contribution < 1.29 is 4.79 Å². The first-order chi connectivity index (χ1) is 9.77. The van der Waals surface area contributed by atoms with Gasteiger partial charge in [0.15, 0.2) is 0 Å². The number of likely N-dealkylation sites (tertiary alicyclic amines) is 1. The number of rotatable bonds is 2. The maximum Gasteiger partial charge on any atom is 0.274 e. The van der Waals surface area contributed by atoms with Crippen molar-refractivity contribution in [2.75, 3.05) is 6.54 Å². The molecule has 2 aromatic heterocycles. The molecular weight excluding hydrogens is 318 g/mol. The molecule has 0 aliphatic carbocycles. The van der Waals surface area contributed by atoms with Crippen LogP contribution in [0.3, 0.4) is 0 Å². The van der Waals surface area contributed by atoms with Crippen LogP contribution in [-0.4, -0.2) is 27.3 Å². The van der Waals surface area contributed by atoms with Gasteiger partial charge in [-0.2, -0.15) is 0 Å². The van der Waals surface area contributed by atoms with Crippen LogP contribution < -0.4 is 0 Å². The van der Waals surface area contributed by atoms with E-state index in [2.05, 4.69) is 25.9 Å². The quantitative estimate of drug-likeness (QED) is 0.848. The summed E-state index contributed by atoms with van der Waals surface area (Å²) in [4.78, 5) is 22.8. The Morgan fingerprint density at radius 2 is 2.05 bits per heavy atom. The molecule has 1 unspecified atom stereocenters. The van der Waals surface area contributed by atoms with E-state index in [9.17, 15) is 4.79 Å². The number of pyridine rings is 2. The molecule has 0 saturated carbocycles. The number of aromatic nitrogens is 2. The molecule has 4 nitrogen and oxygen atoms in total. The average molecular weight is 332 g/mol. The van der Waals surface area contributed by atoms with E-state index in [1.165, 1.54) is 0 Å². The highest BCUT2D eigenvalue weighted by Crippen LogP contribution is 2.33. The molecule has 1 aliphatic rings. The van der Waals surface area contributed by atoms with Gasteiger partial charge in [-0.15, -0.1) is 0 Å². The molecule has 1 saturated heterocycles. The minimum atomic E-state index is -0.0169. The molecule has 0 bridgehead atoms. The average Bonchev–Trinajstić information content (AvgIpc) is 2.97. The van der Waals surface area contributed by atoms with E-state index in [4.69, 9.17) is 0 Å². The van der Waals surface area contributed by atoms with Gasteiger partial charge in [0.1, 0.15) is 5.69 Å². The fourth-order valence-electron chi connectivity index (χ4n) is 2.62. The summed E-state index contributed by atoms with van der Waals surface area (Å²) >= 11 is 3.40. The summed E-state index contributed by atoms with van der Waals surface area (Å²) in [6.07, 6.45) is 7.19. The summed E-state index contributed by atoms with van der Waals surface area (Å²) in [5.41, 5.74) is 1.62. The third-order valence-corrected chi connectivity index (χ3v) is 4.21. The summed E-state index contributed by atoms with van der Waals surface area (Å²) < 4.78 is 0.741. The number of hydrogen-bond acceptors (Lipinski definition) is 3. The van der Waals surface area contributed by atoms with Crippen molar-refractivity contribution in [1.82, 2.24) is 14.9 Å². The lowest BCUT2D eigenvalue weighted by Crippen LogP contribution is -2.31. The molecule has 1 amide bonds. The van der Waals surface area contributed by atoms with Crippen molar-refractivity contribution in [2.45, 2.75) is 18.9 Å². The Balaban J connectivity index is 1.90. The topological polar surface area (TPSA) is 46.1 Å². The molecular formula is C15H14BrN3O. The third kappa shape index (κ3) is 2.45.